The summed E-state index contributed by atoms with van der Waals surface area (Å²) in [5, 5.41) is 10.0. The third-order valence-corrected chi connectivity index (χ3v) is 3.88. The molecular weight excluding hydrogens is 264 g/mol. The highest BCUT2D eigenvalue weighted by atomic mass is 16.4. The van der Waals surface area contributed by atoms with Crippen LogP contribution >= 0.6 is 0 Å². The summed E-state index contributed by atoms with van der Waals surface area (Å²) >= 11 is 0. The van der Waals surface area contributed by atoms with Crippen LogP contribution in [-0.4, -0.2) is 5.11 Å². The highest BCUT2D eigenvalue weighted by molar-refractivity contribution is 5.30. The Balaban J connectivity index is 2.49. The fraction of sp³-hybridized carbons (Fsp3) is 0.722. The van der Waals surface area contributed by atoms with Gasteiger partial charge in [0.05, 0.1) is 5.56 Å². The molecule has 0 spiro atoms. The third kappa shape index (κ3) is 6.83. The van der Waals surface area contributed by atoms with Gasteiger partial charge in [-0.15, -0.1) is 0 Å². The number of hydrogen-bond acceptors (Lipinski definition) is 3. The van der Waals surface area contributed by atoms with Gasteiger partial charge in [-0.25, -0.2) is 4.79 Å². The van der Waals surface area contributed by atoms with Gasteiger partial charge >= 0.3 is 5.63 Å². The maximum Gasteiger partial charge on any atom is 0.342 e. The Kier molecular flexibility index (Phi) is 8.88. The van der Waals surface area contributed by atoms with Crippen LogP contribution in [0.2, 0.25) is 0 Å². The molecule has 0 bridgehead atoms. The van der Waals surface area contributed by atoms with Gasteiger partial charge in [0, 0.05) is 12.5 Å². The lowest BCUT2D eigenvalue weighted by molar-refractivity contribution is 0.406. The van der Waals surface area contributed by atoms with Crippen LogP contribution in [0.25, 0.3) is 0 Å². The first-order valence-electron chi connectivity index (χ1n) is 8.53. The van der Waals surface area contributed by atoms with Gasteiger partial charge in [-0.05, 0) is 19.3 Å². The molecule has 3 nitrogen and oxygen atoms in total. The smallest absolute Gasteiger partial charge is 0.342 e. The minimum Gasteiger partial charge on any atom is -0.507 e. The van der Waals surface area contributed by atoms with E-state index in [9.17, 15) is 9.90 Å². The molecule has 0 saturated carbocycles. The summed E-state index contributed by atoms with van der Waals surface area (Å²) in [6.07, 6.45) is 11.6. The van der Waals surface area contributed by atoms with E-state index in [-0.39, 0.29) is 11.4 Å². The van der Waals surface area contributed by atoms with Gasteiger partial charge in [-0.3, -0.25) is 0 Å². The topological polar surface area (TPSA) is 50.4 Å². The quantitative estimate of drug-likeness (QED) is 0.585. The molecular formula is C18H30O3. The molecule has 1 aromatic rings. The molecule has 0 radical (unpaired) electrons. The van der Waals surface area contributed by atoms with E-state index in [4.69, 9.17) is 4.42 Å². The fourth-order valence-corrected chi connectivity index (χ4v) is 2.54. The van der Waals surface area contributed by atoms with Crippen molar-refractivity contribution in [1.29, 1.82) is 0 Å². The molecule has 0 aliphatic rings. The molecule has 1 rings (SSSR count). The first-order valence-corrected chi connectivity index (χ1v) is 8.53. The van der Waals surface area contributed by atoms with E-state index in [1.54, 1.807) is 6.07 Å². The summed E-state index contributed by atoms with van der Waals surface area (Å²) in [6, 6.07) is 1.63. The van der Waals surface area contributed by atoms with E-state index in [0.29, 0.717) is 17.7 Å². The van der Waals surface area contributed by atoms with Gasteiger partial charge in [0.15, 0.2) is 0 Å². The molecule has 1 N–H and O–H groups in total. The normalized spacial score (nSPS) is 11.0. The number of rotatable bonds is 11. The van der Waals surface area contributed by atoms with Crippen LogP contribution in [0.5, 0.6) is 5.75 Å². The summed E-state index contributed by atoms with van der Waals surface area (Å²) in [5.41, 5.74) is 0.0970. The van der Waals surface area contributed by atoms with E-state index in [1.165, 1.54) is 32.1 Å². The van der Waals surface area contributed by atoms with Gasteiger partial charge in [0.1, 0.15) is 11.5 Å². The molecule has 21 heavy (non-hydrogen) atoms. The van der Waals surface area contributed by atoms with Crippen LogP contribution in [0, 0.1) is 0 Å². The summed E-state index contributed by atoms with van der Waals surface area (Å²) in [5.74, 6) is 0.732. The van der Waals surface area contributed by atoms with Gasteiger partial charge < -0.3 is 9.52 Å². The minimum atomic E-state index is -0.351. The Morgan fingerprint density at radius 2 is 1.48 bits per heavy atom. The molecule has 0 fully saturated rings. The van der Waals surface area contributed by atoms with E-state index in [0.717, 1.165) is 32.1 Å². The standard InChI is InChI=1S/C18H30O3/c1-3-5-7-9-11-13-16-17(19)14-15(21-18(16)20)12-10-8-6-4-2/h14,19H,3-13H2,1-2H3. The summed E-state index contributed by atoms with van der Waals surface area (Å²) in [4.78, 5) is 11.9. The maximum absolute atomic E-state index is 11.9. The molecule has 0 atom stereocenters. The Hall–Kier alpha value is -1.25. The number of unbranched alkanes of at least 4 members (excludes halogenated alkanes) is 7. The van der Waals surface area contributed by atoms with Crippen molar-refractivity contribution >= 4 is 0 Å². The van der Waals surface area contributed by atoms with Crippen LogP contribution in [0.1, 0.15) is 83.0 Å². The lowest BCUT2D eigenvalue weighted by atomic mass is 10.1. The van der Waals surface area contributed by atoms with Gasteiger partial charge in [-0.2, -0.15) is 0 Å². The van der Waals surface area contributed by atoms with Crippen molar-refractivity contribution in [1.82, 2.24) is 0 Å². The average molecular weight is 294 g/mol. The summed E-state index contributed by atoms with van der Waals surface area (Å²) in [7, 11) is 0. The van der Waals surface area contributed by atoms with Crippen molar-refractivity contribution in [2.75, 3.05) is 0 Å². The molecule has 0 aromatic carbocycles. The van der Waals surface area contributed by atoms with Crippen LogP contribution in [0.15, 0.2) is 15.3 Å². The lowest BCUT2D eigenvalue weighted by Gasteiger charge is -2.06. The van der Waals surface area contributed by atoms with Crippen molar-refractivity contribution < 1.29 is 9.52 Å². The van der Waals surface area contributed by atoms with Crippen LogP contribution < -0.4 is 5.63 Å². The van der Waals surface area contributed by atoms with E-state index in [1.807, 2.05) is 0 Å². The van der Waals surface area contributed by atoms with Crippen LogP contribution in [0.4, 0.5) is 0 Å². The summed E-state index contributed by atoms with van der Waals surface area (Å²) in [6.45, 7) is 4.35. The molecule has 1 aromatic heterocycles. The predicted molar refractivity (Wildman–Crippen MR) is 87.0 cm³/mol. The Bertz CT molecular complexity index is 448. The van der Waals surface area contributed by atoms with Gasteiger partial charge in [0.25, 0.3) is 0 Å². The van der Waals surface area contributed by atoms with E-state index >= 15 is 0 Å². The van der Waals surface area contributed by atoms with Crippen molar-refractivity contribution in [2.45, 2.75) is 84.5 Å². The monoisotopic (exact) mass is 294 g/mol. The fourth-order valence-electron chi connectivity index (χ4n) is 2.54. The molecule has 0 saturated heterocycles. The molecule has 0 aliphatic carbocycles. The SMILES string of the molecule is CCCCCCCc1c(O)cc(CCCCCC)oc1=O. The molecule has 120 valence electrons. The lowest BCUT2D eigenvalue weighted by Crippen LogP contribution is -2.09. The van der Waals surface area contributed by atoms with Crippen molar-refractivity contribution in [3.05, 3.63) is 27.8 Å². The number of hydrogen-bond donors (Lipinski definition) is 1. The van der Waals surface area contributed by atoms with E-state index in [2.05, 4.69) is 13.8 Å². The highest BCUT2D eigenvalue weighted by Gasteiger charge is 2.10. The average Bonchev–Trinajstić information content (AvgIpc) is 2.46. The number of aromatic hydroxyl groups is 1. The largest absolute Gasteiger partial charge is 0.507 e. The molecule has 1 heterocycles. The Labute approximate surface area is 128 Å². The second kappa shape index (κ2) is 10.5. The van der Waals surface area contributed by atoms with Gasteiger partial charge in [0.2, 0.25) is 0 Å². The van der Waals surface area contributed by atoms with Crippen molar-refractivity contribution in [3.8, 4) is 5.75 Å². The third-order valence-electron chi connectivity index (χ3n) is 3.88. The molecule has 0 aliphatic heterocycles. The second-order valence-electron chi connectivity index (χ2n) is 5.84. The first-order chi connectivity index (χ1) is 10.2. The Morgan fingerprint density at radius 1 is 0.905 bits per heavy atom. The zero-order valence-corrected chi connectivity index (χ0v) is 13.6. The predicted octanol–water partition coefficient (Wildman–Crippen LogP) is 4.98. The maximum atomic E-state index is 11.9. The van der Waals surface area contributed by atoms with Gasteiger partial charge in [-0.1, -0.05) is 58.8 Å². The molecule has 0 unspecified atom stereocenters. The van der Waals surface area contributed by atoms with E-state index < -0.39 is 0 Å². The zero-order chi connectivity index (χ0) is 15.5. The molecule has 3 heteroatoms. The first kappa shape index (κ1) is 17.8. The second-order valence-corrected chi connectivity index (χ2v) is 5.84. The van der Waals surface area contributed by atoms with Crippen LogP contribution in [0.3, 0.4) is 0 Å². The zero-order valence-electron chi connectivity index (χ0n) is 13.6. The molecule has 0 amide bonds. The van der Waals surface area contributed by atoms with Crippen LogP contribution in [-0.2, 0) is 12.8 Å². The Morgan fingerprint density at radius 3 is 2.10 bits per heavy atom. The minimum absolute atomic E-state index is 0.118. The van der Waals surface area contributed by atoms with Crippen molar-refractivity contribution in [2.24, 2.45) is 0 Å². The number of aryl methyl sites for hydroxylation is 1. The summed E-state index contributed by atoms with van der Waals surface area (Å²) < 4.78 is 5.33. The highest BCUT2D eigenvalue weighted by Crippen LogP contribution is 2.19. The van der Waals surface area contributed by atoms with Crippen molar-refractivity contribution in [3.63, 3.8) is 0 Å².